The lowest BCUT2D eigenvalue weighted by Crippen LogP contribution is -2.29. The summed E-state index contributed by atoms with van der Waals surface area (Å²) in [5.41, 5.74) is 0.00416. The van der Waals surface area contributed by atoms with Crippen molar-refractivity contribution in [2.75, 3.05) is 11.3 Å². The average Bonchev–Trinajstić information content (AvgIpc) is 3.07. The van der Waals surface area contributed by atoms with Gasteiger partial charge >= 0.3 is 0 Å². The second-order valence-electron chi connectivity index (χ2n) is 5.60. The van der Waals surface area contributed by atoms with E-state index < -0.39 is 30.8 Å². The Labute approximate surface area is 151 Å². The van der Waals surface area contributed by atoms with E-state index >= 15 is 0 Å². The van der Waals surface area contributed by atoms with Crippen LogP contribution < -0.4 is 9.44 Å². The molecule has 10 heteroatoms. The minimum Gasteiger partial charge on any atom is -0.279 e. The summed E-state index contributed by atoms with van der Waals surface area (Å²) in [5, 5.41) is 0. The zero-order valence-electron chi connectivity index (χ0n) is 13.5. The van der Waals surface area contributed by atoms with Crippen molar-refractivity contribution in [3.63, 3.8) is 0 Å². The second kappa shape index (κ2) is 7.04. The number of rotatable bonds is 5. The van der Waals surface area contributed by atoms with Gasteiger partial charge in [0, 0.05) is 13.0 Å². The summed E-state index contributed by atoms with van der Waals surface area (Å²) in [6.45, 7) is 0.570. The highest BCUT2D eigenvalue weighted by atomic mass is 32.2. The van der Waals surface area contributed by atoms with E-state index in [0.29, 0.717) is 18.8 Å². The fourth-order valence-electron chi connectivity index (χ4n) is 2.44. The maximum Gasteiger partial charge on any atom is 0.264 e. The lowest BCUT2D eigenvalue weighted by molar-refractivity contribution is 0.570. The van der Waals surface area contributed by atoms with Crippen molar-refractivity contribution in [2.24, 2.45) is 4.99 Å². The molecule has 0 bridgehead atoms. The Bertz CT molecular complexity index is 1070. The largest absolute Gasteiger partial charge is 0.279 e. The Kier molecular flexibility index (Phi) is 4.97. The molecule has 1 heterocycles. The molecule has 1 aliphatic heterocycles. The quantitative estimate of drug-likeness (QED) is 0.806. The molecular weight excluding hydrogens is 381 g/mol. The first-order valence-electron chi connectivity index (χ1n) is 7.71. The van der Waals surface area contributed by atoms with E-state index in [4.69, 9.17) is 0 Å². The summed E-state index contributed by atoms with van der Waals surface area (Å²) in [4.78, 5) is 3.40. The van der Waals surface area contributed by atoms with Gasteiger partial charge in [0.25, 0.3) is 20.0 Å². The lowest BCUT2D eigenvalue weighted by Gasteiger charge is -2.11. The number of anilines is 1. The Hall–Kier alpha value is -2.46. The number of hydrogen-bond acceptors (Lipinski definition) is 5. The van der Waals surface area contributed by atoms with Crippen LogP contribution >= 0.6 is 0 Å². The first kappa shape index (κ1) is 18.3. The van der Waals surface area contributed by atoms with E-state index in [0.717, 1.165) is 24.6 Å². The van der Waals surface area contributed by atoms with Gasteiger partial charge in [0.05, 0.1) is 10.6 Å². The van der Waals surface area contributed by atoms with Gasteiger partial charge < -0.3 is 0 Å². The number of nitrogens with zero attached hydrogens (tertiary/aromatic N) is 1. The van der Waals surface area contributed by atoms with Crippen LogP contribution in [0.25, 0.3) is 0 Å². The monoisotopic (exact) mass is 397 g/mol. The van der Waals surface area contributed by atoms with E-state index in [1.165, 1.54) is 30.3 Å². The second-order valence-corrected chi connectivity index (χ2v) is 8.93. The van der Waals surface area contributed by atoms with Gasteiger partial charge in [0.2, 0.25) is 0 Å². The minimum atomic E-state index is -4.19. The van der Waals surface area contributed by atoms with E-state index in [9.17, 15) is 21.2 Å². The molecule has 0 fully saturated rings. The Morgan fingerprint density at radius 3 is 2.38 bits per heavy atom. The molecule has 0 unspecified atom stereocenters. The predicted molar refractivity (Wildman–Crippen MR) is 95.5 cm³/mol. The number of aliphatic imine (C=N–C) groups is 1. The normalized spacial score (nSPS) is 14.7. The number of halogens is 1. The molecule has 26 heavy (non-hydrogen) atoms. The Morgan fingerprint density at radius 1 is 0.923 bits per heavy atom. The van der Waals surface area contributed by atoms with Crippen LogP contribution in [0.3, 0.4) is 0 Å². The molecule has 7 nitrogen and oxygen atoms in total. The molecule has 0 atom stereocenters. The number of benzene rings is 2. The van der Waals surface area contributed by atoms with E-state index in [2.05, 4.69) is 14.4 Å². The molecule has 0 spiro atoms. The van der Waals surface area contributed by atoms with Crippen molar-refractivity contribution in [1.82, 2.24) is 4.72 Å². The van der Waals surface area contributed by atoms with Crippen LogP contribution in [-0.2, 0) is 20.0 Å². The highest BCUT2D eigenvalue weighted by molar-refractivity contribution is 7.92. The molecule has 0 aromatic heterocycles. The third-order valence-electron chi connectivity index (χ3n) is 3.65. The van der Waals surface area contributed by atoms with Crippen LogP contribution in [0.15, 0.2) is 63.3 Å². The third-order valence-corrected chi connectivity index (χ3v) is 6.44. The third kappa shape index (κ3) is 4.02. The van der Waals surface area contributed by atoms with Crippen molar-refractivity contribution in [1.29, 1.82) is 0 Å². The van der Waals surface area contributed by atoms with E-state index in [1.807, 2.05) is 0 Å². The maximum absolute atomic E-state index is 13.7. The fourth-order valence-corrected chi connectivity index (χ4v) is 4.70. The molecule has 2 N–H and O–H groups in total. The first-order chi connectivity index (χ1) is 12.3. The van der Waals surface area contributed by atoms with Gasteiger partial charge in [-0.25, -0.2) is 21.2 Å². The maximum atomic E-state index is 13.7. The predicted octanol–water partition coefficient (Wildman–Crippen LogP) is 2.10. The number of nitrogens with one attached hydrogen (secondary N) is 2. The zero-order valence-corrected chi connectivity index (χ0v) is 15.1. The molecule has 0 saturated carbocycles. The molecule has 0 aliphatic carbocycles. The zero-order chi connectivity index (χ0) is 18.8. The summed E-state index contributed by atoms with van der Waals surface area (Å²) in [6.07, 6.45) is 1.32. The summed E-state index contributed by atoms with van der Waals surface area (Å²) in [5.74, 6) is -0.521. The van der Waals surface area contributed by atoms with Crippen molar-refractivity contribution >= 4 is 31.6 Å². The molecule has 0 saturated heterocycles. The van der Waals surface area contributed by atoms with Crippen molar-refractivity contribution in [3.8, 4) is 0 Å². The number of sulfonamides is 2. The van der Waals surface area contributed by atoms with Crippen molar-refractivity contribution < 1.29 is 21.2 Å². The molecule has 0 radical (unpaired) electrons. The number of hydrogen-bond donors (Lipinski definition) is 2. The van der Waals surface area contributed by atoms with Gasteiger partial charge in [-0.05, 0) is 36.8 Å². The summed E-state index contributed by atoms with van der Waals surface area (Å²) >= 11 is 0. The van der Waals surface area contributed by atoms with Crippen LogP contribution in [0, 0.1) is 5.82 Å². The van der Waals surface area contributed by atoms with Crippen LogP contribution in [0.4, 0.5) is 10.1 Å². The van der Waals surface area contributed by atoms with Gasteiger partial charge in [-0.3, -0.25) is 14.4 Å². The SMILES string of the molecule is O=S(=O)(NC1=NCCC1)c1cccc(NS(=O)(=O)c2ccccc2F)c1. The van der Waals surface area contributed by atoms with Crippen LogP contribution in [0.1, 0.15) is 12.8 Å². The van der Waals surface area contributed by atoms with Crippen molar-refractivity contribution in [2.45, 2.75) is 22.6 Å². The van der Waals surface area contributed by atoms with Gasteiger partial charge in [-0.2, -0.15) is 0 Å². The topological polar surface area (TPSA) is 105 Å². The van der Waals surface area contributed by atoms with Gasteiger partial charge in [0.1, 0.15) is 16.5 Å². The van der Waals surface area contributed by atoms with Crippen LogP contribution in [-0.4, -0.2) is 29.2 Å². The molecule has 2 aromatic carbocycles. The molecule has 0 amide bonds. The molecule has 138 valence electrons. The van der Waals surface area contributed by atoms with Gasteiger partial charge in [-0.15, -0.1) is 0 Å². The van der Waals surface area contributed by atoms with E-state index in [-0.39, 0.29) is 10.6 Å². The summed E-state index contributed by atoms with van der Waals surface area (Å²) in [7, 11) is -8.08. The first-order valence-corrected chi connectivity index (χ1v) is 10.7. The molecular formula is C16H16FN3O4S2. The summed E-state index contributed by atoms with van der Waals surface area (Å²) in [6, 6.07) is 10.2. The molecule has 2 aromatic rings. The minimum absolute atomic E-state index is 0.00416. The molecule has 1 aliphatic rings. The molecule has 3 rings (SSSR count). The average molecular weight is 397 g/mol. The highest BCUT2D eigenvalue weighted by Crippen LogP contribution is 2.21. The highest BCUT2D eigenvalue weighted by Gasteiger charge is 2.21. The van der Waals surface area contributed by atoms with Gasteiger partial charge in [-0.1, -0.05) is 18.2 Å². The van der Waals surface area contributed by atoms with Crippen LogP contribution in [0.2, 0.25) is 0 Å². The van der Waals surface area contributed by atoms with E-state index in [1.54, 1.807) is 0 Å². The smallest absolute Gasteiger partial charge is 0.264 e. The Morgan fingerprint density at radius 2 is 1.69 bits per heavy atom. The Balaban J connectivity index is 1.87. The van der Waals surface area contributed by atoms with Crippen LogP contribution in [0.5, 0.6) is 0 Å². The fraction of sp³-hybridized carbons (Fsp3) is 0.188. The summed E-state index contributed by atoms with van der Waals surface area (Å²) < 4.78 is 67.8. The number of amidine groups is 1. The van der Waals surface area contributed by atoms with Crippen molar-refractivity contribution in [3.05, 3.63) is 54.3 Å². The lowest BCUT2D eigenvalue weighted by atomic mass is 10.3. The standard InChI is InChI=1S/C16H16FN3O4S2/c17-14-7-1-2-8-15(14)26(23,24)19-12-5-3-6-13(11-12)25(21,22)20-16-9-4-10-18-16/h1-3,5-8,11,19H,4,9-10H2,(H,18,20). The van der Waals surface area contributed by atoms with Gasteiger partial charge in [0.15, 0.2) is 0 Å².